The van der Waals surface area contributed by atoms with E-state index in [4.69, 9.17) is 0 Å². The number of benzene rings is 1. The number of thiazole rings is 1. The summed E-state index contributed by atoms with van der Waals surface area (Å²) < 4.78 is 25.4. The predicted octanol–water partition coefficient (Wildman–Crippen LogP) is 3.26. The molecule has 2 aromatic rings. The normalized spacial score (nSPS) is 12.1. The number of urea groups is 1. The van der Waals surface area contributed by atoms with E-state index < -0.39 is 9.84 Å². The van der Waals surface area contributed by atoms with Crippen molar-refractivity contribution in [3.05, 3.63) is 18.2 Å². The average molecular weight is 355 g/mol. The van der Waals surface area contributed by atoms with Gasteiger partial charge in [0.05, 0.1) is 16.0 Å². The number of hydrogen-bond donors (Lipinski definition) is 2. The molecule has 0 fully saturated rings. The maximum atomic E-state index is 12.3. The van der Waals surface area contributed by atoms with E-state index in [-0.39, 0.29) is 28.1 Å². The Morgan fingerprint density at radius 2 is 1.96 bits per heavy atom. The first-order chi connectivity index (χ1) is 10.7. The van der Waals surface area contributed by atoms with Crippen molar-refractivity contribution in [1.29, 1.82) is 0 Å². The zero-order chi connectivity index (χ0) is 17.2. The molecule has 0 saturated heterocycles. The number of rotatable bonds is 5. The number of anilines is 1. The molecule has 0 aliphatic heterocycles. The van der Waals surface area contributed by atoms with E-state index in [1.165, 1.54) is 0 Å². The Morgan fingerprint density at radius 3 is 2.57 bits per heavy atom. The lowest BCUT2D eigenvalue weighted by molar-refractivity contribution is 0.250. The molecule has 1 heterocycles. The Balaban J connectivity index is 2.26. The highest BCUT2D eigenvalue weighted by molar-refractivity contribution is 7.93. The first kappa shape index (κ1) is 17.7. The van der Waals surface area contributed by atoms with Crippen LogP contribution in [-0.4, -0.2) is 31.2 Å². The van der Waals surface area contributed by atoms with Crippen molar-refractivity contribution >= 4 is 43.1 Å². The summed E-state index contributed by atoms with van der Waals surface area (Å²) in [6, 6.07) is 4.90. The number of nitrogens with zero attached hydrogens (tertiary/aromatic N) is 1. The molecule has 23 heavy (non-hydrogen) atoms. The van der Waals surface area contributed by atoms with Crippen LogP contribution in [0.15, 0.2) is 22.5 Å². The predicted molar refractivity (Wildman–Crippen MR) is 93.8 cm³/mol. The number of carbonyl (C=O) groups excluding carboxylic acids is 1. The summed E-state index contributed by atoms with van der Waals surface area (Å²) in [4.78, 5) is 15.9. The Bertz CT molecular complexity index is 810. The van der Waals surface area contributed by atoms with Crippen molar-refractivity contribution in [3.63, 3.8) is 0 Å². The van der Waals surface area contributed by atoms with Crippen molar-refractivity contribution in [2.75, 3.05) is 11.1 Å². The minimum absolute atomic E-state index is 0.0370. The molecule has 0 aliphatic carbocycles. The van der Waals surface area contributed by atoms with Crippen LogP contribution in [0.5, 0.6) is 0 Å². The van der Waals surface area contributed by atoms with Gasteiger partial charge in [-0.25, -0.2) is 18.2 Å². The van der Waals surface area contributed by atoms with Crippen LogP contribution in [-0.2, 0) is 9.84 Å². The molecule has 0 atom stereocenters. The molecule has 2 rings (SSSR count). The smallest absolute Gasteiger partial charge is 0.319 e. The maximum absolute atomic E-state index is 12.3. The highest BCUT2D eigenvalue weighted by Crippen LogP contribution is 2.29. The molecule has 0 unspecified atom stereocenters. The Hall–Kier alpha value is -1.67. The molecule has 0 bridgehead atoms. The van der Waals surface area contributed by atoms with Crippen LogP contribution in [0.2, 0.25) is 0 Å². The van der Waals surface area contributed by atoms with E-state index in [0.717, 1.165) is 16.0 Å². The summed E-state index contributed by atoms with van der Waals surface area (Å²) in [6.07, 6.45) is 0. The fourth-order valence-electron chi connectivity index (χ4n) is 2.05. The second-order valence-corrected chi connectivity index (χ2v) is 9.33. The van der Waals surface area contributed by atoms with Crippen LogP contribution in [0.4, 0.5) is 10.5 Å². The molecule has 6 nitrogen and oxygen atoms in total. The van der Waals surface area contributed by atoms with Crippen LogP contribution in [0, 0.1) is 5.92 Å². The van der Waals surface area contributed by atoms with E-state index in [1.807, 2.05) is 27.7 Å². The number of carbonyl (C=O) groups is 1. The van der Waals surface area contributed by atoms with Crippen LogP contribution < -0.4 is 10.6 Å². The van der Waals surface area contributed by atoms with Gasteiger partial charge in [-0.1, -0.05) is 13.8 Å². The summed E-state index contributed by atoms with van der Waals surface area (Å²) >= 11 is 1.13. The number of nitrogens with one attached hydrogen (secondary N) is 2. The topological polar surface area (TPSA) is 88.2 Å². The van der Waals surface area contributed by atoms with Gasteiger partial charge in [-0.3, -0.25) is 0 Å². The summed E-state index contributed by atoms with van der Waals surface area (Å²) in [5.74, 6) is 0.123. The third-order valence-electron chi connectivity index (χ3n) is 2.87. The number of aromatic nitrogens is 1. The monoisotopic (exact) mass is 355 g/mol. The average Bonchev–Trinajstić information content (AvgIpc) is 2.79. The molecular formula is C15H21N3O3S2. The molecule has 2 amide bonds. The quantitative estimate of drug-likeness (QED) is 0.862. The lowest BCUT2D eigenvalue weighted by atomic mass is 10.3. The van der Waals surface area contributed by atoms with Gasteiger partial charge in [0.15, 0.2) is 0 Å². The third-order valence-corrected chi connectivity index (χ3v) is 6.42. The Labute approximate surface area is 140 Å². The third kappa shape index (κ3) is 4.65. The van der Waals surface area contributed by atoms with Crippen molar-refractivity contribution in [3.8, 4) is 0 Å². The van der Waals surface area contributed by atoms with Crippen molar-refractivity contribution in [1.82, 2.24) is 10.3 Å². The van der Waals surface area contributed by atoms with E-state index >= 15 is 0 Å². The number of fused-ring (bicyclic) bond motifs is 1. The summed E-state index contributed by atoms with van der Waals surface area (Å²) in [5.41, 5.74) is 1.22. The van der Waals surface area contributed by atoms with Gasteiger partial charge in [0, 0.05) is 11.7 Å². The minimum Gasteiger partial charge on any atom is -0.336 e. The molecule has 8 heteroatoms. The lowest BCUT2D eigenvalue weighted by Gasteiger charge is -2.09. The molecular weight excluding hydrogens is 334 g/mol. The molecule has 0 radical (unpaired) electrons. The zero-order valence-corrected chi connectivity index (χ0v) is 15.2. The van der Waals surface area contributed by atoms with Gasteiger partial charge in [-0.2, -0.15) is 0 Å². The summed E-state index contributed by atoms with van der Waals surface area (Å²) in [7, 11) is -3.37. The highest BCUT2D eigenvalue weighted by atomic mass is 32.2. The second kappa shape index (κ2) is 6.84. The van der Waals surface area contributed by atoms with E-state index in [9.17, 15) is 13.2 Å². The van der Waals surface area contributed by atoms with Gasteiger partial charge in [0.25, 0.3) is 0 Å². The van der Waals surface area contributed by atoms with Crippen LogP contribution in [0.1, 0.15) is 27.7 Å². The zero-order valence-electron chi connectivity index (χ0n) is 13.6. The van der Waals surface area contributed by atoms with Gasteiger partial charge in [-0.15, -0.1) is 11.3 Å². The highest BCUT2D eigenvalue weighted by Gasteiger charge is 2.21. The Kier molecular flexibility index (Phi) is 5.26. The summed E-state index contributed by atoms with van der Waals surface area (Å²) in [6.45, 7) is 7.47. The first-order valence-corrected chi connectivity index (χ1v) is 9.85. The number of sulfone groups is 1. The van der Waals surface area contributed by atoms with E-state index in [0.29, 0.717) is 11.2 Å². The SMILES string of the molecule is CC(C)CS(=O)(=O)c1nc2ccc(NC(=O)NC(C)C)cc2s1. The fraction of sp³-hybridized carbons (Fsp3) is 0.467. The molecule has 0 aliphatic rings. The number of hydrogen-bond acceptors (Lipinski definition) is 5. The van der Waals surface area contributed by atoms with E-state index in [1.54, 1.807) is 18.2 Å². The van der Waals surface area contributed by atoms with Crippen LogP contribution in [0.3, 0.4) is 0 Å². The molecule has 0 spiro atoms. The maximum Gasteiger partial charge on any atom is 0.319 e. The standard InChI is InChI=1S/C15H21N3O3S2/c1-9(2)8-23(20,21)15-18-12-6-5-11(7-13(12)22-15)17-14(19)16-10(3)4/h5-7,9-10H,8H2,1-4H3,(H2,16,17,19). The molecule has 1 aromatic heterocycles. The summed E-state index contributed by atoms with van der Waals surface area (Å²) in [5, 5.41) is 5.46. The van der Waals surface area contributed by atoms with Gasteiger partial charge >= 0.3 is 6.03 Å². The van der Waals surface area contributed by atoms with E-state index in [2.05, 4.69) is 15.6 Å². The number of amides is 2. The van der Waals surface area contributed by atoms with Crippen molar-refractivity contribution < 1.29 is 13.2 Å². The second-order valence-electron chi connectivity index (χ2n) is 6.09. The van der Waals surface area contributed by atoms with Crippen LogP contribution in [0.25, 0.3) is 10.2 Å². The van der Waals surface area contributed by atoms with Crippen molar-refractivity contribution in [2.45, 2.75) is 38.1 Å². The van der Waals surface area contributed by atoms with Gasteiger partial charge in [0.2, 0.25) is 14.2 Å². The molecule has 126 valence electrons. The minimum atomic E-state index is -3.37. The fourth-order valence-corrected chi connectivity index (χ4v) is 5.03. The lowest BCUT2D eigenvalue weighted by Crippen LogP contribution is -2.34. The molecule has 0 saturated carbocycles. The van der Waals surface area contributed by atoms with Gasteiger partial charge in [-0.05, 0) is 38.0 Å². The van der Waals surface area contributed by atoms with Gasteiger partial charge in [0.1, 0.15) is 0 Å². The van der Waals surface area contributed by atoms with Crippen molar-refractivity contribution in [2.24, 2.45) is 5.92 Å². The van der Waals surface area contributed by atoms with Crippen LogP contribution >= 0.6 is 11.3 Å². The Morgan fingerprint density at radius 1 is 1.26 bits per heavy atom. The molecule has 2 N–H and O–H groups in total. The molecule has 1 aromatic carbocycles. The van der Waals surface area contributed by atoms with Gasteiger partial charge < -0.3 is 10.6 Å². The largest absolute Gasteiger partial charge is 0.336 e. The first-order valence-electron chi connectivity index (χ1n) is 7.38.